The molecule has 0 aromatic rings. The summed E-state index contributed by atoms with van der Waals surface area (Å²) in [6.07, 6.45) is 5.01. The molecule has 5 heteroatoms. The van der Waals surface area contributed by atoms with Crippen LogP contribution in [0, 0.1) is 5.41 Å². The maximum absolute atomic E-state index is 12.6. The van der Waals surface area contributed by atoms with Gasteiger partial charge in [0, 0.05) is 33.1 Å². The molecule has 1 unspecified atom stereocenters. The number of likely N-dealkylation sites (tertiary alicyclic amines) is 1. The minimum absolute atomic E-state index is 0.0613. The summed E-state index contributed by atoms with van der Waals surface area (Å²) in [5, 5.41) is 2.82. The average Bonchev–Trinajstić information content (AvgIpc) is 2.48. The predicted octanol–water partition coefficient (Wildman–Crippen LogP) is 0.847. The van der Waals surface area contributed by atoms with Gasteiger partial charge < -0.3 is 15.1 Å². The van der Waals surface area contributed by atoms with Crippen LogP contribution in [0.3, 0.4) is 0 Å². The van der Waals surface area contributed by atoms with Crippen LogP contribution < -0.4 is 5.32 Å². The molecule has 2 fully saturated rings. The van der Waals surface area contributed by atoms with E-state index in [-0.39, 0.29) is 11.8 Å². The Morgan fingerprint density at radius 3 is 2.65 bits per heavy atom. The Kier molecular flexibility index (Phi) is 5.02. The van der Waals surface area contributed by atoms with E-state index in [1.807, 2.05) is 18.9 Å². The largest absolute Gasteiger partial charge is 0.355 e. The lowest BCUT2D eigenvalue weighted by molar-refractivity contribution is -0.143. The van der Waals surface area contributed by atoms with Crippen molar-refractivity contribution in [3.63, 3.8) is 0 Å². The van der Waals surface area contributed by atoms with Crippen LogP contribution in [0.4, 0.5) is 0 Å². The zero-order chi connectivity index (χ0) is 14.6. The van der Waals surface area contributed by atoms with Crippen LogP contribution in [-0.4, -0.2) is 61.4 Å². The Bertz CT molecular complexity index is 354. The Balaban J connectivity index is 1.80. The number of carbonyl (C=O) groups excluding carboxylic acids is 2. The molecular weight excluding hydrogens is 254 g/mol. The van der Waals surface area contributed by atoms with Gasteiger partial charge >= 0.3 is 0 Å². The van der Waals surface area contributed by atoms with Crippen LogP contribution in [-0.2, 0) is 9.59 Å². The van der Waals surface area contributed by atoms with E-state index >= 15 is 0 Å². The van der Waals surface area contributed by atoms with Gasteiger partial charge in [-0.3, -0.25) is 9.59 Å². The number of hydrogen-bond donors (Lipinski definition) is 1. The summed E-state index contributed by atoms with van der Waals surface area (Å²) in [6, 6.07) is 0. The number of hydrogen-bond acceptors (Lipinski definition) is 3. The Morgan fingerprint density at radius 2 is 2.05 bits per heavy atom. The second-order valence-electron chi connectivity index (χ2n) is 6.47. The highest BCUT2D eigenvalue weighted by atomic mass is 16.2. The van der Waals surface area contributed by atoms with E-state index in [1.54, 1.807) is 0 Å². The van der Waals surface area contributed by atoms with E-state index in [9.17, 15) is 9.59 Å². The molecule has 0 aromatic heterocycles. The lowest BCUT2D eigenvalue weighted by Crippen LogP contribution is -2.52. The van der Waals surface area contributed by atoms with Crippen molar-refractivity contribution >= 4 is 11.8 Å². The summed E-state index contributed by atoms with van der Waals surface area (Å²) in [4.78, 5) is 28.1. The van der Waals surface area contributed by atoms with Gasteiger partial charge in [0.1, 0.15) is 0 Å². The quantitative estimate of drug-likeness (QED) is 0.831. The third kappa shape index (κ3) is 3.72. The van der Waals surface area contributed by atoms with Crippen LogP contribution in [0.15, 0.2) is 0 Å². The molecule has 2 amide bonds. The Morgan fingerprint density at radius 1 is 1.35 bits per heavy atom. The van der Waals surface area contributed by atoms with Crippen molar-refractivity contribution in [1.29, 1.82) is 0 Å². The summed E-state index contributed by atoms with van der Waals surface area (Å²) < 4.78 is 0. The van der Waals surface area contributed by atoms with Gasteiger partial charge in [-0.25, -0.2) is 0 Å². The molecule has 0 saturated carbocycles. The molecule has 0 aliphatic carbocycles. The van der Waals surface area contributed by atoms with Crippen molar-refractivity contribution in [2.24, 2.45) is 5.41 Å². The van der Waals surface area contributed by atoms with Crippen LogP contribution in [0.2, 0.25) is 0 Å². The van der Waals surface area contributed by atoms with Gasteiger partial charge in [-0.2, -0.15) is 0 Å². The maximum atomic E-state index is 12.6. The van der Waals surface area contributed by atoms with Gasteiger partial charge in [-0.05, 0) is 39.3 Å². The third-order valence-corrected chi connectivity index (χ3v) is 4.64. The molecule has 5 nitrogen and oxygen atoms in total. The first-order valence-electron chi connectivity index (χ1n) is 7.76. The number of piperidine rings is 2. The van der Waals surface area contributed by atoms with E-state index in [1.165, 1.54) is 19.3 Å². The molecule has 0 spiro atoms. The molecule has 1 atom stereocenters. The van der Waals surface area contributed by atoms with Gasteiger partial charge in [0.25, 0.3) is 0 Å². The molecule has 2 heterocycles. The van der Waals surface area contributed by atoms with Crippen LogP contribution >= 0.6 is 0 Å². The maximum Gasteiger partial charge on any atom is 0.230 e. The topological polar surface area (TPSA) is 52.7 Å². The van der Waals surface area contributed by atoms with Crippen molar-refractivity contribution in [2.45, 2.75) is 39.0 Å². The van der Waals surface area contributed by atoms with Crippen LogP contribution in [0.5, 0.6) is 0 Å². The molecule has 114 valence electrons. The molecular formula is C15H27N3O2. The number of carbonyl (C=O) groups is 2. The summed E-state index contributed by atoms with van der Waals surface area (Å²) in [5.74, 6) is 0.223. The molecule has 0 bridgehead atoms. The van der Waals surface area contributed by atoms with E-state index in [0.717, 1.165) is 26.2 Å². The fraction of sp³-hybridized carbons (Fsp3) is 0.867. The number of amides is 2. The number of likely N-dealkylation sites (N-methyl/N-ethyl adjacent to an activating group) is 1. The van der Waals surface area contributed by atoms with Crippen molar-refractivity contribution in [2.75, 3.05) is 39.8 Å². The highest BCUT2D eigenvalue weighted by molar-refractivity contribution is 5.86. The van der Waals surface area contributed by atoms with E-state index in [0.29, 0.717) is 19.4 Å². The molecule has 2 aliphatic heterocycles. The van der Waals surface area contributed by atoms with E-state index < -0.39 is 5.41 Å². The molecule has 1 N–H and O–H groups in total. The van der Waals surface area contributed by atoms with Gasteiger partial charge in [-0.15, -0.1) is 0 Å². The van der Waals surface area contributed by atoms with Crippen molar-refractivity contribution in [3.05, 3.63) is 0 Å². The van der Waals surface area contributed by atoms with Crippen LogP contribution in [0.1, 0.15) is 39.0 Å². The average molecular weight is 281 g/mol. The minimum Gasteiger partial charge on any atom is -0.355 e. The number of rotatable bonds is 4. The Hall–Kier alpha value is -1.10. The van der Waals surface area contributed by atoms with Crippen molar-refractivity contribution in [3.8, 4) is 0 Å². The first kappa shape index (κ1) is 15.3. The zero-order valence-electron chi connectivity index (χ0n) is 12.8. The SMILES string of the molecule is CN(CCN1CCCCC1)C(=O)C1(C)CCC(=O)NC1. The standard InChI is InChI=1S/C15H27N3O2/c1-15(7-6-13(19)16-12-15)14(20)17(2)10-11-18-8-4-3-5-9-18/h3-12H2,1-2H3,(H,16,19). The van der Waals surface area contributed by atoms with Gasteiger partial charge in [0.2, 0.25) is 11.8 Å². The monoisotopic (exact) mass is 281 g/mol. The number of nitrogens with zero attached hydrogens (tertiary/aromatic N) is 2. The zero-order valence-corrected chi connectivity index (χ0v) is 12.8. The predicted molar refractivity (Wildman–Crippen MR) is 78.3 cm³/mol. The van der Waals surface area contributed by atoms with Gasteiger partial charge in [0.15, 0.2) is 0 Å². The first-order valence-corrected chi connectivity index (χ1v) is 7.76. The van der Waals surface area contributed by atoms with Crippen molar-refractivity contribution < 1.29 is 9.59 Å². The van der Waals surface area contributed by atoms with E-state index in [2.05, 4.69) is 10.2 Å². The normalized spacial score (nSPS) is 28.0. The minimum atomic E-state index is -0.426. The summed E-state index contributed by atoms with van der Waals surface area (Å²) in [5.41, 5.74) is -0.426. The lowest BCUT2D eigenvalue weighted by atomic mass is 9.81. The highest BCUT2D eigenvalue weighted by Crippen LogP contribution is 2.28. The van der Waals surface area contributed by atoms with Crippen LogP contribution in [0.25, 0.3) is 0 Å². The third-order valence-electron chi connectivity index (χ3n) is 4.64. The smallest absolute Gasteiger partial charge is 0.230 e. The second-order valence-corrected chi connectivity index (χ2v) is 6.47. The molecule has 2 rings (SSSR count). The molecule has 0 aromatic carbocycles. The van der Waals surface area contributed by atoms with Gasteiger partial charge in [-0.1, -0.05) is 6.42 Å². The second kappa shape index (κ2) is 6.57. The summed E-state index contributed by atoms with van der Waals surface area (Å²) in [7, 11) is 1.88. The Labute approximate surface area is 121 Å². The number of nitrogens with one attached hydrogen (secondary N) is 1. The summed E-state index contributed by atoms with van der Waals surface area (Å²) >= 11 is 0. The van der Waals surface area contributed by atoms with E-state index in [4.69, 9.17) is 0 Å². The fourth-order valence-corrected chi connectivity index (χ4v) is 3.08. The molecule has 0 radical (unpaired) electrons. The lowest BCUT2D eigenvalue weighted by Gasteiger charge is -2.36. The van der Waals surface area contributed by atoms with Gasteiger partial charge in [0.05, 0.1) is 5.41 Å². The molecule has 20 heavy (non-hydrogen) atoms. The van der Waals surface area contributed by atoms with Crippen molar-refractivity contribution in [1.82, 2.24) is 15.1 Å². The molecule has 2 aliphatic rings. The summed E-state index contributed by atoms with van der Waals surface area (Å²) in [6.45, 7) is 6.50. The highest BCUT2D eigenvalue weighted by Gasteiger charge is 2.38. The first-order chi connectivity index (χ1) is 9.51. The fourth-order valence-electron chi connectivity index (χ4n) is 3.08. The molecule has 2 saturated heterocycles.